The van der Waals surface area contributed by atoms with Gasteiger partial charge in [0.05, 0.1) is 31.5 Å². The van der Waals surface area contributed by atoms with E-state index in [4.69, 9.17) is 27.2 Å². The van der Waals surface area contributed by atoms with Crippen LogP contribution in [0.2, 0.25) is 5.02 Å². The largest absolute Gasteiger partial charge is 0.496 e. The lowest BCUT2D eigenvalue weighted by molar-refractivity contribution is 0.0940. The van der Waals surface area contributed by atoms with Crippen molar-refractivity contribution in [2.75, 3.05) is 32.2 Å². The zero-order valence-corrected chi connectivity index (χ0v) is 19.8. The van der Waals surface area contributed by atoms with Crippen LogP contribution in [0.25, 0.3) is 11.1 Å². The van der Waals surface area contributed by atoms with Gasteiger partial charge in [-0.15, -0.1) is 0 Å². The highest BCUT2D eigenvalue weighted by atomic mass is 35.5. The van der Waals surface area contributed by atoms with Crippen LogP contribution in [0.3, 0.4) is 0 Å². The van der Waals surface area contributed by atoms with Crippen LogP contribution in [-0.2, 0) is 0 Å². The Morgan fingerprint density at radius 1 is 1.44 bits per heavy atom. The molecule has 10 nitrogen and oxygen atoms in total. The Balaban J connectivity index is 1.82. The van der Waals surface area contributed by atoms with Crippen LogP contribution < -0.4 is 21.1 Å². The van der Waals surface area contributed by atoms with Crippen molar-refractivity contribution in [3.8, 4) is 16.9 Å². The van der Waals surface area contributed by atoms with E-state index < -0.39 is 0 Å². The molecular formula is C23H26ClN7O3. The number of hydrogen-bond donors (Lipinski definition) is 4. The molecule has 1 aliphatic rings. The molecule has 1 aliphatic heterocycles. The van der Waals surface area contributed by atoms with Crippen molar-refractivity contribution in [2.24, 2.45) is 10.7 Å². The number of carbonyl (C=O) groups is 1. The van der Waals surface area contributed by atoms with Crippen LogP contribution in [-0.4, -0.2) is 58.5 Å². The highest BCUT2D eigenvalue weighted by molar-refractivity contribution is 6.32. The van der Waals surface area contributed by atoms with Crippen LogP contribution in [0.5, 0.6) is 5.75 Å². The van der Waals surface area contributed by atoms with E-state index in [1.165, 1.54) is 0 Å². The van der Waals surface area contributed by atoms with Crippen LogP contribution in [0.1, 0.15) is 40.1 Å². The molecule has 0 bridgehead atoms. The minimum absolute atomic E-state index is 0.142. The molecule has 0 spiro atoms. The zero-order chi connectivity index (χ0) is 24.4. The van der Waals surface area contributed by atoms with E-state index in [0.717, 1.165) is 33.6 Å². The molecule has 0 saturated carbocycles. The second-order valence-corrected chi connectivity index (χ2v) is 8.20. The van der Waals surface area contributed by atoms with E-state index in [-0.39, 0.29) is 30.8 Å². The average Bonchev–Trinajstić information content (AvgIpc) is 3.29. The third-order valence-electron chi connectivity index (χ3n) is 5.77. The van der Waals surface area contributed by atoms with Gasteiger partial charge in [-0.25, -0.2) is 9.67 Å². The van der Waals surface area contributed by atoms with Gasteiger partial charge in [-0.3, -0.25) is 9.78 Å². The zero-order valence-electron chi connectivity index (χ0n) is 19.1. The summed E-state index contributed by atoms with van der Waals surface area (Å²) in [5, 5.41) is 19.9. The molecule has 0 saturated heterocycles. The predicted molar refractivity (Wildman–Crippen MR) is 131 cm³/mol. The summed E-state index contributed by atoms with van der Waals surface area (Å²) in [7, 11) is 1.60. The number of halogens is 1. The first-order valence-corrected chi connectivity index (χ1v) is 11.1. The number of hydrogen-bond acceptors (Lipinski definition) is 8. The fourth-order valence-corrected chi connectivity index (χ4v) is 4.24. The van der Waals surface area contributed by atoms with Gasteiger partial charge in [-0.2, -0.15) is 5.10 Å². The summed E-state index contributed by atoms with van der Waals surface area (Å²) in [5.74, 6) is 1.44. The van der Waals surface area contributed by atoms with E-state index in [1.807, 2.05) is 24.6 Å². The first kappa shape index (κ1) is 23.5. The summed E-state index contributed by atoms with van der Waals surface area (Å²) in [6.45, 7) is 4.24. The fourth-order valence-electron chi connectivity index (χ4n) is 4.03. The molecule has 1 aromatic carbocycles. The maximum absolute atomic E-state index is 12.4. The number of fused-ring (bicyclic) bond motifs is 1. The van der Waals surface area contributed by atoms with Gasteiger partial charge in [0, 0.05) is 28.9 Å². The van der Waals surface area contributed by atoms with Gasteiger partial charge in [0.15, 0.2) is 0 Å². The molecule has 11 heteroatoms. The molecule has 3 heterocycles. The van der Waals surface area contributed by atoms with Crippen LogP contribution in [0.15, 0.2) is 35.6 Å². The first-order valence-electron chi connectivity index (χ1n) is 10.7. The molecule has 34 heavy (non-hydrogen) atoms. The Kier molecular flexibility index (Phi) is 6.71. The minimum atomic E-state index is -0.378. The molecule has 4 rings (SSSR count). The minimum Gasteiger partial charge on any atom is -0.496 e. The number of aliphatic hydroxyl groups is 1. The lowest BCUT2D eigenvalue weighted by Gasteiger charge is -2.24. The topological polar surface area (TPSA) is 140 Å². The molecule has 1 atom stereocenters. The number of aliphatic hydroxyl groups excluding tert-OH is 1. The lowest BCUT2D eigenvalue weighted by atomic mass is 9.94. The Morgan fingerprint density at radius 2 is 2.24 bits per heavy atom. The number of pyridine rings is 1. The number of amides is 1. The Morgan fingerprint density at radius 3 is 2.97 bits per heavy atom. The first-order chi connectivity index (χ1) is 16.4. The van der Waals surface area contributed by atoms with Crippen molar-refractivity contribution >= 4 is 29.2 Å². The number of anilines is 1. The molecular weight excluding hydrogens is 458 g/mol. The van der Waals surface area contributed by atoms with Crippen LogP contribution >= 0.6 is 11.6 Å². The van der Waals surface area contributed by atoms with Gasteiger partial charge in [0.2, 0.25) is 0 Å². The van der Waals surface area contributed by atoms with E-state index in [2.05, 4.69) is 25.7 Å². The SMILES string of the molecule is COc1c(C(C)n2ncc3c2NCN=C3N)cc(Cl)c(C)c1-c1ccnc(C(=O)NCCO)c1. The molecule has 0 radical (unpaired) electrons. The maximum Gasteiger partial charge on any atom is 0.269 e. The van der Waals surface area contributed by atoms with Gasteiger partial charge < -0.3 is 26.2 Å². The number of nitrogens with two attached hydrogens (primary N) is 1. The summed E-state index contributed by atoms with van der Waals surface area (Å²) in [6, 6.07) is 5.08. The Bertz CT molecular complexity index is 1270. The second kappa shape index (κ2) is 9.70. The summed E-state index contributed by atoms with van der Waals surface area (Å²) in [4.78, 5) is 20.8. The highest BCUT2D eigenvalue weighted by Gasteiger charge is 2.26. The van der Waals surface area contributed by atoms with E-state index in [0.29, 0.717) is 23.3 Å². The lowest BCUT2D eigenvalue weighted by Crippen LogP contribution is -2.27. The number of carbonyl (C=O) groups excluding carboxylic acids is 1. The molecule has 178 valence electrons. The molecule has 1 unspecified atom stereocenters. The number of nitrogens with one attached hydrogen (secondary N) is 2. The predicted octanol–water partition coefficient (Wildman–Crippen LogP) is 2.34. The number of aromatic nitrogens is 3. The van der Waals surface area contributed by atoms with Crippen LogP contribution in [0.4, 0.5) is 5.82 Å². The number of ether oxygens (including phenoxy) is 1. The van der Waals surface area contributed by atoms with Crippen molar-refractivity contribution in [1.82, 2.24) is 20.1 Å². The smallest absolute Gasteiger partial charge is 0.269 e. The number of amidine groups is 1. The fraction of sp³-hybridized carbons (Fsp3) is 0.304. The van der Waals surface area contributed by atoms with E-state index in [9.17, 15) is 4.79 Å². The quantitative estimate of drug-likeness (QED) is 0.404. The maximum atomic E-state index is 12.4. The number of nitrogens with zero attached hydrogens (tertiary/aromatic N) is 4. The van der Waals surface area contributed by atoms with Crippen molar-refractivity contribution in [3.63, 3.8) is 0 Å². The summed E-state index contributed by atoms with van der Waals surface area (Å²) >= 11 is 6.68. The molecule has 5 N–H and O–H groups in total. The number of benzene rings is 1. The van der Waals surface area contributed by atoms with Gasteiger partial charge in [0.25, 0.3) is 5.91 Å². The third-order valence-corrected chi connectivity index (χ3v) is 6.16. The number of aliphatic imine (C=N–C) groups is 1. The number of methoxy groups -OCH3 is 1. The van der Waals surface area contributed by atoms with Gasteiger partial charge in [-0.05, 0) is 43.2 Å². The van der Waals surface area contributed by atoms with E-state index >= 15 is 0 Å². The van der Waals surface area contributed by atoms with Crippen molar-refractivity contribution in [3.05, 3.63) is 58.0 Å². The van der Waals surface area contributed by atoms with Gasteiger partial charge >= 0.3 is 0 Å². The third kappa shape index (κ3) is 4.17. The average molecular weight is 484 g/mol. The number of rotatable bonds is 7. The normalized spacial score (nSPS) is 13.5. The molecule has 2 aromatic heterocycles. The van der Waals surface area contributed by atoms with Gasteiger partial charge in [-0.1, -0.05) is 11.6 Å². The molecule has 0 fully saturated rings. The standard InChI is InChI=1S/C23H26ClN7O3/c1-12-17(24)9-15(13(2)31-22-16(10-30-31)21(25)28-11-29-22)20(34-3)19(12)14-4-5-26-18(8-14)23(33)27-6-7-32/h4-5,8-10,13,29,32H,6-7,11H2,1-3H3,(H2,25,28)(H,27,33). The van der Waals surface area contributed by atoms with Crippen molar-refractivity contribution in [2.45, 2.75) is 19.9 Å². The summed E-state index contributed by atoms with van der Waals surface area (Å²) < 4.78 is 7.72. The summed E-state index contributed by atoms with van der Waals surface area (Å²) in [6.07, 6.45) is 3.24. The van der Waals surface area contributed by atoms with Gasteiger partial charge in [0.1, 0.15) is 29.8 Å². The second-order valence-electron chi connectivity index (χ2n) is 7.80. The van der Waals surface area contributed by atoms with Crippen LogP contribution in [0, 0.1) is 6.92 Å². The molecule has 1 amide bonds. The molecule has 3 aromatic rings. The molecule has 0 aliphatic carbocycles. The Hall–Kier alpha value is -3.63. The van der Waals surface area contributed by atoms with Crippen molar-refractivity contribution in [1.29, 1.82) is 0 Å². The highest BCUT2D eigenvalue weighted by Crippen LogP contribution is 2.43. The van der Waals surface area contributed by atoms with E-state index in [1.54, 1.807) is 31.6 Å². The van der Waals surface area contributed by atoms with Crippen molar-refractivity contribution < 1.29 is 14.6 Å². The summed E-state index contributed by atoms with van der Waals surface area (Å²) in [5.41, 5.74) is 10.1. The monoisotopic (exact) mass is 483 g/mol. The Labute approximate surface area is 201 Å².